The van der Waals surface area contributed by atoms with Crippen molar-refractivity contribution < 1.29 is 0 Å². The molecule has 11 heavy (non-hydrogen) atoms. The number of anilines is 1. The molecule has 0 radical (unpaired) electrons. The van der Waals surface area contributed by atoms with E-state index in [2.05, 4.69) is 16.4 Å². The zero-order valence-corrected chi connectivity index (χ0v) is 6.28. The van der Waals surface area contributed by atoms with Gasteiger partial charge in [0.05, 0.1) is 11.8 Å². The van der Waals surface area contributed by atoms with Crippen molar-refractivity contribution in [1.82, 2.24) is 4.98 Å². The summed E-state index contributed by atoms with van der Waals surface area (Å²) in [7, 11) is 0. The standard InChI is InChI=1S/C8H9N3/c1-7(5-9)11-8-3-2-4-10-6-8/h2-4,6-7,11H,1H3/t7-/m0/s1. The van der Waals surface area contributed by atoms with Crippen molar-refractivity contribution in [2.24, 2.45) is 0 Å². The lowest BCUT2D eigenvalue weighted by Gasteiger charge is -2.05. The number of hydrogen-bond acceptors (Lipinski definition) is 3. The molecule has 0 amide bonds. The highest BCUT2D eigenvalue weighted by Gasteiger charge is 1.96. The van der Waals surface area contributed by atoms with Gasteiger partial charge in [-0.05, 0) is 19.1 Å². The van der Waals surface area contributed by atoms with Crippen LogP contribution in [0.3, 0.4) is 0 Å². The molecule has 1 aromatic heterocycles. The third kappa shape index (κ3) is 2.26. The van der Waals surface area contributed by atoms with Gasteiger partial charge in [0.2, 0.25) is 0 Å². The number of nitrogens with zero attached hydrogens (tertiary/aromatic N) is 2. The van der Waals surface area contributed by atoms with E-state index in [9.17, 15) is 0 Å². The van der Waals surface area contributed by atoms with Crippen LogP contribution >= 0.6 is 0 Å². The first-order valence-electron chi connectivity index (χ1n) is 3.39. The maximum Gasteiger partial charge on any atom is 0.111 e. The molecule has 0 saturated heterocycles. The first-order valence-corrected chi connectivity index (χ1v) is 3.39. The van der Waals surface area contributed by atoms with Gasteiger partial charge in [0, 0.05) is 12.4 Å². The molecule has 1 heterocycles. The van der Waals surface area contributed by atoms with Gasteiger partial charge in [-0.3, -0.25) is 4.98 Å². The Labute approximate surface area is 65.7 Å². The normalized spacial score (nSPS) is 11.6. The lowest BCUT2D eigenvalue weighted by Crippen LogP contribution is -2.11. The van der Waals surface area contributed by atoms with Crippen LogP contribution in [0.5, 0.6) is 0 Å². The summed E-state index contributed by atoms with van der Waals surface area (Å²) in [5.41, 5.74) is 0.876. The van der Waals surface area contributed by atoms with Crippen molar-refractivity contribution in [2.45, 2.75) is 13.0 Å². The molecule has 0 unspecified atom stereocenters. The van der Waals surface area contributed by atoms with Gasteiger partial charge in [-0.25, -0.2) is 0 Å². The van der Waals surface area contributed by atoms with E-state index in [4.69, 9.17) is 5.26 Å². The van der Waals surface area contributed by atoms with E-state index in [1.54, 1.807) is 19.3 Å². The summed E-state index contributed by atoms with van der Waals surface area (Å²) in [6, 6.07) is 5.61. The third-order valence-corrected chi connectivity index (χ3v) is 1.24. The first-order chi connectivity index (χ1) is 5.33. The first kappa shape index (κ1) is 7.55. The molecule has 1 aromatic rings. The van der Waals surface area contributed by atoms with Gasteiger partial charge in [-0.2, -0.15) is 5.26 Å². The second-order valence-corrected chi connectivity index (χ2v) is 2.24. The van der Waals surface area contributed by atoms with E-state index in [0.29, 0.717) is 0 Å². The van der Waals surface area contributed by atoms with Crippen LogP contribution in [-0.4, -0.2) is 11.0 Å². The van der Waals surface area contributed by atoms with Crippen molar-refractivity contribution in [3.63, 3.8) is 0 Å². The minimum atomic E-state index is -0.167. The van der Waals surface area contributed by atoms with E-state index >= 15 is 0 Å². The van der Waals surface area contributed by atoms with Crippen molar-refractivity contribution in [2.75, 3.05) is 5.32 Å². The van der Waals surface area contributed by atoms with Gasteiger partial charge in [0.15, 0.2) is 0 Å². The average molecular weight is 147 g/mol. The highest BCUT2D eigenvalue weighted by Crippen LogP contribution is 2.03. The van der Waals surface area contributed by atoms with E-state index in [1.807, 2.05) is 12.1 Å². The largest absolute Gasteiger partial charge is 0.369 e. The van der Waals surface area contributed by atoms with Crippen LogP contribution in [-0.2, 0) is 0 Å². The van der Waals surface area contributed by atoms with Gasteiger partial charge in [0.25, 0.3) is 0 Å². The Hall–Kier alpha value is -1.56. The number of hydrogen-bond donors (Lipinski definition) is 1. The molecule has 0 bridgehead atoms. The van der Waals surface area contributed by atoms with Gasteiger partial charge in [-0.15, -0.1) is 0 Å². The fourth-order valence-electron chi connectivity index (χ4n) is 0.730. The van der Waals surface area contributed by atoms with Crippen LogP contribution in [0.2, 0.25) is 0 Å². The Morgan fingerprint density at radius 2 is 2.55 bits per heavy atom. The molecule has 3 heteroatoms. The van der Waals surface area contributed by atoms with E-state index < -0.39 is 0 Å². The second kappa shape index (κ2) is 3.57. The predicted octanol–water partition coefficient (Wildman–Crippen LogP) is 1.41. The number of rotatable bonds is 2. The Morgan fingerprint density at radius 3 is 3.09 bits per heavy atom. The molecule has 0 saturated carbocycles. The molecule has 0 fully saturated rings. The Morgan fingerprint density at radius 1 is 1.73 bits per heavy atom. The average Bonchev–Trinajstić information content (AvgIpc) is 2.06. The number of aromatic nitrogens is 1. The molecular formula is C8H9N3. The summed E-state index contributed by atoms with van der Waals surface area (Å²) in [6.45, 7) is 1.80. The topological polar surface area (TPSA) is 48.7 Å². The molecule has 1 N–H and O–H groups in total. The second-order valence-electron chi connectivity index (χ2n) is 2.24. The lowest BCUT2D eigenvalue weighted by molar-refractivity contribution is 1.01. The van der Waals surface area contributed by atoms with Crippen LogP contribution in [0, 0.1) is 11.3 Å². The fraction of sp³-hybridized carbons (Fsp3) is 0.250. The molecule has 3 nitrogen and oxygen atoms in total. The molecule has 0 aliphatic rings. The van der Waals surface area contributed by atoms with Gasteiger partial charge < -0.3 is 5.32 Å². The quantitative estimate of drug-likeness (QED) is 0.688. The maximum atomic E-state index is 8.46. The van der Waals surface area contributed by atoms with Crippen molar-refractivity contribution in [3.05, 3.63) is 24.5 Å². The van der Waals surface area contributed by atoms with Crippen molar-refractivity contribution >= 4 is 5.69 Å². The Kier molecular flexibility index (Phi) is 2.45. The predicted molar refractivity (Wildman–Crippen MR) is 42.9 cm³/mol. The Balaban J connectivity index is 2.60. The molecule has 1 rings (SSSR count). The smallest absolute Gasteiger partial charge is 0.111 e. The summed E-state index contributed by atoms with van der Waals surface area (Å²) in [5.74, 6) is 0. The molecular weight excluding hydrogens is 138 g/mol. The zero-order valence-electron chi connectivity index (χ0n) is 6.28. The summed E-state index contributed by atoms with van der Waals surface area (Å²) in [4.78, 5) is 3.90. The Bertz CT molecular complexity index is 250. The van der Waals surface area contributed by atoms with Crippen LogP contribution in [0.1, 0.15) is 6.92 Å². The molecule has 0 spiro atoms. The number of nitrogens with one attached hydrogen (secondary N) is 1. The minimum absolute atomic E-state index is 0.167. The zero-order chi connectivity index (χ0) is 8.10. The number of pyridine rings is 1. The molecule has 0 aliphatic heterocycles. The van der Waals surface area contributed by atoms with Gasteiger partial charge in [-0.1, -0.05) is 0 Å². The minimum Gasteiger partial charge on any atom is -0.369 e. The summed E-state index contributed by atoms with van der Waals surface area (Å²) in [6.07, 6.45) is 3.38. The molecule has 1 atom stereocenters. The molecule has 0 aliphatic carbocycles. The van der Waals surface area contributed by atoms with Gasteiger partial charge >= 0.3 is 0 Å². The fourth-order valence-corrected chi connectivity index (χ4v) is 0.730. The van der Waals surface area contributed by atoms with E-state index in [1.165, 1.54) is 0 Å². The summed E-state index contributed by atoms with van der Waals surface area (Å²) in [5, 5.41) is 11.4. The maximum absolute atomic E-state index is 8.46. The lowest BCUT2D eigenvalue weighted by atomic mass is 10.3. The van der Waals surface area contributed by atoms with Crippen LogP contribution in [0.15, 0.2) is 24.5 Å². The SMILES string of the molecule is C[C@@H](C#N)Nc1cccnc1. The van der Waals surface area contributed by atoms with Crippen molar-refractivity contribution in [1.29, 1.82) is 5.26 Å². The van der Waals surface area contributed by atoms with Crippen LogP contribution in [0.25, 0.3) is 0 Å². The van der Waals surface area contributed by atoms with Crippen LogP contribution < -0.4 is 5.32 Å². The molecule has 56 valence electrons. The molecule has 0 aromatic carbocycles. The van der Waals surface area contributed by atoms with Crippen LogP contribution in [0.4, 0.5) is 5.69 Å². The highest BCUT2D eigenvalue weighted by atomic mass is 14.9. The third-order valence-electron chi connectivity index (χ3n) is 1.24. The monoisotopic (exact) mass is 147 g/mol. The summed E-state index contributed by atoms with van der Waals surface area (Å²) >= 11 is 0. The summed E-state index contributed by atoms with van der Waals surface area (Å²) < 4.78 is 0. The van der Waals surface area contributed by atoms with E-state index in [-0.39, 0.29) is 6.04 Å². The number of nitriles is 1. The van der Waals surface area contributed by atoms with Gasteiger partial charge in [0.1, 0.15) is 6.04 Å². The highest BCUT2D eigenvalue weighted by molar-refractivity contribution is 5.41. The van der Waals surface area contributed by atoms with Crippen molar-refractivity contribution in [3.8, 4) is 6.07 Å². The van der Waals surface area contributed by atoms with E-state index in [0.717, 1.165) is 5.69 Å².